The van der Waals surface area contributed by atoms with E-state index in [9.17, 15) is 14.4 Å². The maximum Gasteiger partial charge on any atom is 0.275 e. The van der Waals surface area contributed by atoms with Crippen molar-refractivity contribution in [3.8, 4) is 0 Å². The molecule has 8 heteroatoms. The smallest absolute Gasteiger partial charge is 0.275 e. The monoisotopic (exact) mass is 396 g/mol. The first-order chi connectivity index (χ1) is 13.6. The van der Waals surface area contributed by atoms with Crippen molar-refractivity contribution in [1.82, 2.24) is 15.1 Å². The van der Waals surface area contributed by atoms with Crippen LogP contribution in [-0.4, -0.2) is 33.9 Å². The number of carbonyl (C=O) groups is 2. The fraction of sp³-hybridized carbons (Fsp3) is 0.200. The molecule has 0 bridgehead atoms. The number of carbonyl (C=O) groups excluding carboxylic acids is 2. The minimum absolute atomic E-state index is 0.0265. The topological polar surface area (TPSA) is 107 Å². The van der Waals surface area contributed by atoms with Gasteiger partial charge in [-0.1, -0.05) is 48.5 Å². The predicted molar refractivity (Wildman–Crippen MR) is 110 cm³/mol. The Morgan fingerprint density at radius 1 is 1.04 bits per heavy atom. The van der Waals surface area contributed by atoms with E-state index in [-0.39, 0.29) is 18.1 Å². The number of primary amides is 1. The first-order valence-electron chi connectivity index (χ1n) is 8.74. The third-order valence-electron chi connectivity index (χ3n) is 4.07. The zero-order valence-electron chi connectivity index (χ0n) is 15.1. The molecule has 0 unspecified atom stereocenters. The summed E-state index contributed by atoms with van der Waals surface area (Å²) < 4.78 is 0.981. The predicted octanol–water partition coefficient (Wildman–Crippen LogP) is 1.54. The lowest BCUT2D eigenvalue weighted by molar-refractivity contribution is -0.121. The van der Waals surface area contributed by atoms with Crippen LogP contribution in [0.4, 0.5) is 0 Å². The lowest BCUT2D eigenvalue weighted by atomic mass is 10.1. The maximum absolute atomic E-state index is 12.5. The van der Waals surface area contributed by atoms with Crippen LogP contribution in [0.2, 0.25) is 0 Å². The Hall–Kier alpha value is -3.13. The molecule has 0 saturated carbocycles. The van der Waals surface area contributed by atoms with Crippen molar-refractivity contribution in [2.75, 3.05) is 12.3 Å². The minimum atomic E-state index is -0.748. The van der Waals surface area contributed by atoms with Crippen LogP contribution in [0.3, 0.4) is 0 Å². The molecule has 1 aromatic heterocycles. The Kier molecular flexibility index (Phi) is 6.44. The Balaban J connectivity index is 1.59. The van der Waals surface area contributed by atoms with E-state index in [0.29, 0.717) is 17.3 Å². The van der Waals surface area contributed by atoms with Gasteiger partial charge in [-0.25, -0.2) is 4.68 Å². The SMILES string of the molecule is NC(=O)c1nn(CC(=O)NCCSCc2ccccc2)c(=O)c2ccccc12. The third-order valence-corrected chi connectivity index (χ3v) is 5.10. The van der Waals surface area contributed by atoms with Gasteiger partial charge in [0.1, 0.15) is 6.54 Å². The summed E-state index contributed by atoms with van der Waals surface area (Å²) in [7, 11) is 0. The molecule has 0 aliphatic rings. The van der Waals surface area contributed by atoms with Gasteiger partial charge >= 0.3 is 0 Å². The fourth-order valence-corrected chi connectivity index (χ4v) is 3.56. The summed E-state index contributed by atoms with van der Waals surface area (Å²) in [5, 5.41) is 7.44. The molecular formula is C20H20N4O3S. The molecule has 2 amide bonds. The van der Waals surface area contributed by atoms with Crippen molar-refractivity contribution in [1.29, 1.82) is 0 Å². The molecular weight excluding hydrogens is 376 g/mol. The molecule has 144 valence electrons. The van der Waals surface area contributed by atoms with E-state index in [1.54, 1.807) is 36.0 Å². The summed E-state index contributed by atoms with van der Waals surface area (Å²) in [6.45, 7) is 0.203. The molecule has 0 radical (unpaired) electrons. The molecule has 3 rings (SSSR count). The van der Waals surface area contributed by atoms with Crippen molar-refractivity contribution in [2.24, 2.45) is 5.73 Å². The Morgan fingerprint density at radius 3 is 2.43 bits per heavy atom. The van der Waals surface area contributed by atoms with Crippen LogP contribution in [0.15, 0.2) is 59.4 Å². The maximum atomic E-state index is 12.5. The molecule has 7 nitrogen and oxygen atoms in total. The average molecular weight is 396 g/mol. The molecule has 0 fully saturated rings. The quantitative estimate of drug-likeness (QED) is 0.562. The molecule has 2 aromatic carbocycles. The van der Waals surface area contributed by atoms with Gasteiger partial charge in [-0.15, -0.1) is 0 Å². The average Bonchev–Trinajstić information content (AvgIpc) is 2.70. The van der Waals surface area contributed by atoms with Crippen molar-refractivity contribution in [3.63, 3.8) is 0 Å². The second-order valence-electron chi connectivity index (χ2n) is 6.11. The van der Waals surface area contributed by atoms with Crippen LogP contribution in [0.5, 0.6) is 0 Å². The van der Waals surface area contributed by atoms with Crippen molar-refractivity contribution >= 4 is 34.3 Å². The lowest BCUT2D eigenvalue weighted by Gasteiger charge is -2.10. The van der Waals surface area contributed by atoms with Gasteiger partial charge in [0.25, 0.3) is 11.5 Å². The molecule has 0 saturated heterocycles. The number of hydrogen-bond acceptors (Lipinski definition) is 5. The number of rotatable bonds is 8. The largest absolute Gasteiger partial charge is 0.364 e. The summed E-state index contributed by atoms with van der Waals surface area (Å²) in [4.78, 5) is 36.4. The number of benzene rings is 2. The van der Waals surface area contributed by atoms with Gasteiger partial charge in [-0.2, -0.15) is 16.9 Å². The third kappa shape index (κ3) is 4.77. The number of hydrogen-bond donors (Lipinski definition) is 2. The van der Waals surface area contributed by atoms with Gasteiger partial charge < -0.3 is 11.1 Å². The summed E-state index contributed by atoms with van der Waals surface area (Å²) in [6, 6.07) is 16.6. The number of aromatic nitrogens is 2. The van der Waals surface area contributed by atoms with Gasteiger partial charge in [-0.3, -0.25) is 14.4 Å². The molecule has 1 heterocycles. The highest BCUT2D eigenvalue weighted by Crippen LogP contribution is 2.13. The summed E-state index contributed by atoms with van der Waals surface area (Å²) >= 11 is 1.71. The highest BCUT2D eigenvalue weighted by atomic mass is 32.2. The van der Waals surface area contributed by atoms with E-state index >= 15 is 0 Å². The number of nitrogens with zero attached hydrogens (tertiary/aromatic N) is 2. The first kappa shape index (κ1) is 19.6. The number of nitrogens with two attached hydrogens (primary N) is 1. The zero-order valence-corrected chi connectivity index (χ0v) is 15.9. The van der Waals surface area contributed by atoms with E-state index in [1.807, 2.05) is 18.2 Å². The fourth-order valence-electron chi connectivity index (χ4n) is 2.74. The van der Waals surface area contributed by atoms with Crippen molar-refractivity contribution in [3.05, 3.63) is 76.2 Å². The van der Waals surface area contributed by atoms with E-state index in [2.05, 4.69) is 22.5 Å². The van der Waals surface area contributed by atoms with Crippen LogP contribution >= 0.6 is 11.8 Å². The molecule has 0 aliphatic heterocycles. The summed E-state index contributed by atoms with van der Waals surface area (Å²) in [5.41, 5.74) is 6.14. The highest BCUT2D eigenvalue weighted by Gasteiger charge is 2.15. The Labute approximate surface area is 165 Å². The number of fused-ring (bicyclic) bond motifs is 1. The second-order valence-corrected chi connectivity index (χ2v) is 7.21. The van der Waals surface area contributed by atoms with Crippen molar-refractivity contribution in [2.45, 2.75) is 12.3 Å². The molecule has 0 atom stereocenters. The standard InChI is InChI=1S/C20H20N4O3S/c21-19(26)18-15-8-4-5-9-16(15)20(27)24(23-18)12-17(25)22-10-11-28-13-14-6-2-1-3-7-14/h1-9H,10-13H2,(H2,21,26)(H,22,25). The summed E-state index contributed by atoms with van der Waals surface area (Å²) in [5.74, 6) is 0.515. The number of thioether (sulfide) groups is 1. The number of amides is 2. The van der Waals surface area contributed by atoms with Crippen LogP contribution in [0.25, 0.3) is 10.8 Å². The highest BCUT2D eigenvalue weighted by molar-refractivity contribution is 7.98. The van der Waals surface area contributed by atoms with Crippen LogP contribution in [-0.2, 0) is 17.1 Å². The normalized spacial score (nSPS) is 10.7. The second kappa shape index (κ2) is 9.18. The Morgan fingerprint density at radius 2 is 1.71 bits per heavy atom. The molecule has 0 spiro atoms. The minimum Gasteiger partial charge on any atom is -0.364 e. The van der Waals surface area contributed by atoms with Crippen LogP contribution in [0, 0.1) is 0 Å². The summed E-state index contributed by atoms with van der Waals surface area (Å²) in [6.07, 6.45) is 0. The van der Waals surface area contributed by atoms with Gasteiger partial charge in [0.2, 0.25) is 5.91 Å². The molecule has 0 aliphatic carbocycles. The zero-order chi connectivity index (χ0) is 19.9. The molecule has 28 heavy (non-hydrogen) atoms. The Bertz CT molecular complexity index is 1050. The van der Waals surface area contributed by atoms with E-state index in [1.165, 1.54) is 5.56 Å². The number of nitrogens with one attached hydrogen (secondary N) is 1. The van der Waals surface area contributed by atoms with Crippen LogP contribution < -0.4 is 16.6 Å². The van der Waals surface area contributed by atoms with E-state index in [4.69, 9.17) is 5.73 Å². The first-order valence-corrected chi connectivity index (χ1v) is 9.90. The lowest BCUT2D eigenvalue weighted by Crippen LogP contribution is -2.36. The van der Waals surface area contributed by atoms with E-state index in [0.717, 1.165) is 16.2 Å². The van der Waals surface area contributed by atoms with Gasteiger partial charge in [-0.05, 0) is 11.6 Å². The van der Waals surface area contributed by atoms with Crippen LogP contribution in [0.1, 0.15) is 16.1 Å². The van der Waals surface area contributed by atoms with E-state index < -0.39 is 11.5 Å². The molecule has 3 aromatic rings. The van der Waals surface area contributed by atoms with Gasteiger partial charge in [0.05, 0.1) is 5.39 Å². The van der Waals surface area contributed by atoms with Crippen molar-refractivity contribution < 1.29 is 9.59 Å². The van der Waals surface area contributed by atoms with Gasteiger partial charge in [0.15, 0.2) is 5.69 Å². The van der Waals surface area contributed by atoms with Gasteiger partial charge in [0, 0.05) is 23.4 Å². The molecule has 3 N–H and O–H groups in total.